The van der Waals surface area contributed by atoms with Crippen molar-refractivity contribution in [3.05, 3.63) is 53.3 Å². The summed E-state index contributed by atoms with van der Waals surface area (Å²) in [5.41, 5.74) is 6.37. The molecule has 20 heavy (non-hydrogen) atoms. The summed E-state index contributed by atoms with van der Waals surface area (Å²) in [6.07, 6.45) is 0.204. The van der Waals surface area contributed by atoms with Crippen molar-refractivity contribution >= 4 is 0 Å². The van der Waals surface area contributed by atoms with Gasteiger partial charge in [0.1, 0.15) is 29.3 Å². The van der Waals surface area contributed by atoms with Gasteiger partial charge in [-0.3, -0.25) is 0 Å². The quantitative estimate of drug-likeness (QED) is 0.917. The third-order valence-corrected chi connectivity index (χ3v) is 3.34. The molecule has 0 radical (unpaired) electrons. The van der Waals surface area contributed by atoms with Crippen molar-refractivity contribution in [2.75, 3.05) is 6.54 Å². The Morgan fingerprint density at radius 2 is 1.80 bits per heavy atom. The van der Waals surface area contributed by atoms with Crippen LogP contribution >= 0.6 is 0 Å². The standard InChI is InChI=1S/C15H12F3NO/c16-9-1-2-14(18)12(5-9)13-6-10(17)3-8-4-11(7-19)20-15(8)13/h1-3,5-6,11H,4,7,19H2. The molecule has 2 N–H and O–H groups in total. The Bertz CT molecular complexity index is 672. The largest absolute Gasteiger partial charge is 0.488 e. The van der Waals surface area contributed by atoms with Gasteiger partial charge in [0.15, 0.2) is 0 Å². The molecule has 104 valence electrons. The summed E-state index contributed by atoms with van der Waals surface area (Å²) in [5, 5.41) is 0. The van der Waals surface area contributed by atoms with Crippen molar-refractivity contribution in [2.24, 2.45) is 5.73 Å². The fourth-order valence-electron chi connectivity index (χ4n) is 2.43. The van der Waals surface area contributed by atoms with E-state index in [4.69, 9.17) is 10.5 Å². The SMILES string of the molecule is NCC1Cc2cc(F)cc(-c3cc(F)ccc3F)c2O1. The zero-order valence-electron chi connectivity index (χ0n) is 10.5. The van der Waals surface area contributed by atoms with Crippen LogP contribution in [-0.4, -0.2) is 12.6 Å². The molecule has 3 rings (SSSR count). The van der Waals surface area contributed by atoms with Gasteiger partial charge in [0.05, 0.1) is 0 Å². The van der Waals surface area contributed by atoms with Crippen LogP contribution in [0.2, 0.25) is 0 Å². The highest BCUT2D eigenvalue weighted by Gasteiger charge is 2.27. The number of fused-ring (bicyclic) bond motifs is 1. The molecule has 1 unspecified atom stereocenters. The summed E-state index contributed by atoms with van der Waals surface area (Å²) in [6.45, 7) is 0.279. The summed E-state index contributed by atoms with van der Waals surface area (Å²) >= 11 is 0. The second-order valence-corrected chi connectivity index (χ2v) is 4.75. The first-order chi connectivity index (χ1) is 9.58. The third-order valence-electron chi connectivity index (χ3n) is 3.34. The Balaban J connectivity index is 2.18. The number of rotatable bonds is 2. The lowest BCUT2D eigenvalue weighted by Crippen LogP contribution is -2.24. The molecule has 0 aromatic heterocycles. The zero-order valence-corrected chi connectivity index (χ0v) is 10.5. The van der Waals surface area contributed by atoms with Gasteiger partial charge in [-0.2, -0.15) is 0 Å². The maximum atomic E-state index is 13.9. The number of hydrogen-bond donors (Lipinski definition) is 1. The van der Waals surface area contributed by atoms with Gasteiger partial charge < -0.3 is 10.5 Å². The molecule has 1 atom stereocenters. The minimum absolute atomic E-state index is 0.0154. The number of hydrogen-bond acceptors (Lipinski definition) is 2. The van der Waals surface area contributed by atoms with E-state index in [-0.39, 0.29) is 23.8 Å². The van der Waals surface area contributed by atoms with Crippen LogP contribution < -0.4 is 10.5 Å². The topological polar surface area (TPSA) is 35.2 Å². The normalized spacial score (nSPS) is 16.9. The first kappa shape index (κ1) is 13.0. The lowest BCUT2D eigenvalue weighted by Gasteiger charge is -2.12. The van der Waals surface area contributed by atoms with Gasteiger partial charge in [-0.05, 0) is 30.3 Å². The van der Waals surface area contributed by atoms with E-state index >= 15 is 0 Å². The first-order valence-corrected chi connectivity index (χ1v) is 6.23. The van der Waals surface area contributed by atoms with Crippen molar-refractivity contribution < 1.29 is 17.9 Å². The van der Waals surface area contributed by atoms with Crippen LogP contribution in [0.1, 0.15) is 5.56 Å². The van der Waals surface area contributed by atoms with E-state index in [1.165, 1.54) is 6.07 Å². The number of ether oxygens (including phenoxy) is 1. The van der Waals surface area contributed by atoms with Gasteiger partial charge in [0, 0.05) is 29.7 Å². The molecular weight excluding hydrogens is 267 g/mol. The fourth-order valence-corrected chi connectivity index (χ4v) is 2.43. The molecule has 2 aromatic rings. The van der Waals surface area contributed by atoms with Gasteiger partial charge in [-0.1, -0.05) is 0 Å². The molecule has 0 fully saturated rings. The van der Waals surface area contributed by atoms with Gasteiger partial charge >= 0.3 is 0 Å². The van der Waals surface area contributed by atoms with Crippen LogP contribution in [0.5, 0.6) is 5.75 Å². The maximum absolute atomic E-state index is 13.9. The molecular formula is C15H12F3NO. The monoisotopic (exact) mass is 279 g/mol. The molecule has 2 nitrogen and oxygen atoms in total. The minimum Gasteiger partial charge on any atom is -0.488 e. The fraction of sp³-hybridized carbons (Fsp3) is 0.200. The van der Waals surface area contributed by atoms with Crippen LogP contribution in [0.3, 0.4) is 0 Å². The Morgan fingerprint density at radius 3 is 2.55 bits per heavy atom. The number of halogens is 3. The van der Waals surface area contributed by atoms with Crippen LogP contribution in [0, 0.1) is 17.5 Å². The molecule has 0 saturated carbocycles. The minimum atomic E-state index is -0.626. The van der Waals surface area contributed by atoms with Crippen molar-refractivity contribution in [1.82, 2.24) is 0 Å². The Hall–Kier alpha value is -2.01. The molecule has 1 aliphatic heterocycles. The van der Waals surface area contributed by atoms with Crippen molar-refractivity contribution in [1.29, 1.82) is 0 Å². The lowest BCUT2D eigenvalue weighted by atomic mass is 9.99. The lowest BCUT2D eigenvalue weighted by molar-refractivity contribution is 0.242. The van der Waals surface area contributed by atoms with Crippen molar-refractivity contribution in [2.45, 2.75) is 12.5 Å². The highest BCUT2D eigenvalue weighted by atomic mass is 19.1. The van der Waals surface area contributed by atoms with Gasteiger partial charge in [0.2, 0.25) is 0 Å². The van der Waals surface area contributed by atoms with Gasteiger partial charge in [-0.15, -0.1) is 0 Å². The van der Waals surface area contributed by atoms with E-state index in [0.717, 1.165) is 24.3 Å². The van der Waals surface area contributed by atoms with E-state index in [1.54, 1.807) is 0 Å². The van der Waals surface area contributed by atoms with Gasteiger partial charge in [-0.25, -0.2) is 13.2 Å². The number of nitrogens with two attached hydrogens (primary N) is 1. The number of benzene rings is 2. The summed E-state index contributed by atoms with van der Waals surface area (Å²) < 4.78 is 46.5. The Labute approximate surface area is 114 Å². The second-order valence-electron chi connectivity index (χ2n) is 4.75. The van der Waals surface area contributed by atoms with E-state index in [9.17, 15) is 13.2 Å². The van der Waals surface area contributed by atoms with Crippen LogP contribution in [0.4, 0.5) is 13.2 Å². The van der Waals surface area contributed by atoms with E-state index in [1.807, 2.05) is 0 Å². The smallest absolute Gasteiger partial charge is 0.131 e. The zero-order chi connectivity index (χ0) is 14.3. The molecule has 0 bridgehead atoms. The predicted octanol–water partition coefficient (Wildman–Crippen LogP) is 3.03. The van der Waals surface area contributed by atoms with E-state index < -0.39 is 17.5 Å². The van der Waals surface area contributed by atoms with Crippen molar-refractivity contribution in [3.63, 3.8) is 0 Å². The summed E-state index contributed by atoms with van der Waals surface area (Å²) in [6, 6.07) is 5.55. The highest BCUT2D eigenvalue weighted by Crippen LogP contribution is 2.40. The predicted molar refractivity (Wildman–Crippen MR) is 68.9 cm³/mol. The van der Waals surface area contributed by atoms with E-state index in [2.05, 4.69) is 0 Å². The highest BCUT2D eigenvalue weighted by molar-refractivity contribution is 5.73. The molecule has 5 heteroatoms. The molecule has 1 aliphatic rings. The molecule has 2 aromatic carbocycles. The Morgan fingerprint density at radius 1 is 1.05 bits per heavy atom. The summed E-state index contributed by atoms with van der Waals surface area (Å²) in [4.78, 5) is 0. The second kappa shape index (κ2) is 4.83. The maximum Gasteiger partial charge on any atom is 0.131 e. The molecule has 1 heterocycles. The molecule has 0 spiro atoms. The van der Waals surface area contributed by atoms with Crippen LogP contribution in [0.25, 0.3) is 11.1 Å². The van der Waals surface area contributed by atoms with Crippen LogP contribution in [0.15, 0.2) is 30.3 Å². The van der Waals surface area contributed by atoms with Gasteiger partial charge in [0.25, 0.3) is 0 Å². The third kappa shape index (κ3) is 2.14. The Kier molecular flexibility index (Phi) is 3.14. The molecule has 0 amide bonds. The van der Waals surface area contributed by atoms with Crippen molar-refractivity contribution in [3.8, 4) is 16.9 Å². The summed E-state index contributed by atoms with van der Waals surface area (Å²) in [7, 11) is 0. The first-order valence-electron chi connectivity index (χ1n) is 6.23. The average Bonchev–Trinajstić information content (AvgIpc) is 2.83. The van der Waals surface area contributed by atoms with E-state index in [0.29, 0.717) is 17.7 Å². The molecule has 0 aliphatic carbocycles. The molecule has 0 saturated heterocycles. The van der Waals surface area contributed by atoms with Crippen LogP contribution in [-0.2, 0) is 6.42 Å². The average molecular weight is 279 g/mol. The summed E-state index contributed by atoms with van der Waals surface area (Å²) in [5.74, 6) is -1.35.